The van der Waals surface area contributed by atoms with E-state index in [4.69, 9.17) is 16.3 Å². The number of amides is 1. The first-order valence-corrected chi connectivity index (χ1v) is 9.83. The lowest BCUT2D eigenvalue weighted by molar-refractivity contribution is 0.0172. The Hall–Kier alpha value is -1.53. The third kappa shape index (κ3) is 4.55. The van der Waals surface area contributed by atoms with Gasteiger partial charge in [-0.25, -0.2) is 9.78 Å². The van der Waals surface area contributed by atoms with Crippen molar-refractivity contribution in [3.63, 3.8) is 0 Å². The summed E-state index contributed by atoms with van der Waals surface area (Å²) in [6.45, 7) is 7.90. The number of rotatable bonds is 3. The number of thiazole rings is 1. The highest BCUT2D eigenvalue weighted by atomic mass is 35.5. The molecule has 1 aromatic carbocycles. The van der Waals surface area contributed by atoms with Gasteiger partial charge in [0.1, 0.15) is 11.1 Å². The summed E-state index contributed by atoms with van der Waals surface area (Å²) in [5.74, 6) is 0.367. The third-order valence-corrected chi connectivity index (χ3v) is 5.30. The Bertz CT molecular complexity index is 756. The largest absolute Gasteiger partial charge is 0.444 e. The van der Waals surface area contributed by atoms with Crippen LogP contribution in [0.15, 0.2) is 17.6 Å². The summed E-state index contributed by atoms with van der Waals surface area (Å²) < 4.78 is 6.61. The first kappa shape index (κ1) is 18.3. The molecule has 0 spiro atoms. The molecule has 2 heterocycles. The van der Waals surface area contributed by atoms with Gasteiger partial charge in [-0.2, -0.15) is 0 Å². The molecule has 0 aliphatic carbocycles. The molecule has 1 aliphatic rings. The van der Waals surface area contributed by atoms with Crippen molar-refractivity contribution >= 4 is 44.9 Å². The van der Waals surface area contributed by atoms with Gasteiger partial charge in [-0.05, 0) is 51.7 Å². The van der Waals surface area contributed by atoms with Gasteiger partial charge >= 0.3 is 6.09 Å². The van der Waals surface area contributed by atoms with E-state index in [2.05, 4.69) is 10.3 Å². The maximum absolute atomic E-state index is 12.3. The molecular formula is C18H24ClN3O2S. The number of piperidine rings is 1. The number of fused-ring (bicyclic) bond motifs is 1. The number of nitrogens with one attached hydrogen (secondary N) is 1. The topological polar surface area (TPSA) is 54.5 Å². The van der Waals surface area contributed by atoms with E-state index in [1.165, 1.54) is 0 Å². The first-order valence-electron chi connectivity index (χ1n) is 8.57. The van der Waals surface area contributed by atoms with Crippen molar-refractivity contribution in [3.05, 3.63) is 22.7 Å². The summed E-state index contributed by atoms with van der Waals surface area (Å²) in [6, 6.07) is 3.89. The number of likely N-dealkylation sites (tertiary alicyclic amines) is 1. The van der Waals surface area contributed by atoms with Crippen molar-refractivity contribution in [1.82, 2.24) is 9.88 Å². The zero-order valence-electron chi connectivity index (χ0n) is 14.8. The lowest BCUT2D eigenvalue weighted by atomic mass is 9.98. The SMILES string of the molecule is CC(C)(C)OC(=O)N1CCCC(CNc2c(Cl)ccc3scnc23)C1. The number of hydrogen-bond acceptors (Lipinski definition) is 5. The van der Waals surface area contributed by atoms with Crippen LogP contribution >= 0.6 is 22.9 Å². The predicted molar refractivity (Wildman–Crippen MR) is 104 cm³/mol. The molecule has 7 heteroatoms. The number of nitrogens with zero attached hydrogens (tertiary/aromatic N) is 2. The zero-order valence-corrected chi connectivity index (χ0v) is 16.4. The second kappa shape index (κ2) is 7.38. The summed E-state index contributed by atoms with van der Waals surface area (Å²) in [4.78, 5) is 18.5. The van der Waals surface area contributed by atoms with E-state index in [1.54, 1.807) is 11.3 Å². The van der Waals surface area contributed by atoms with Crippen molar-refractivity contribution in [2.75, 3.05) is 25.0 Å². The Morgan fingerprint density at radius 3 is 3.04 bits per heavy atom. The van der Waals surface area contributed by atoms with Gasteiger partial charge in [-0.1, -0.05) is 11.6 Å². The highest BCUT2D eigenvalue weighted by Gasteiger charge is 2.27. The Labute approximate surface area is 157 Å². The number of ether oxygens (including phenoxy) is 1. The number of halogens is 1. The van der Waals surface area contributed by atoms with E-state index in [0.29, 0.717) is 17.5 Å². The van der Waals surface area contributed by atoms with Crippen LogP contribution in [-0.2, 0) is 4.74 Å². The molecular weight excluding hydrogens is 358 g/mol. The summed E-state index contributed by atoms with van der Waals surface area (Å²) in [5, 5.41) is 4.13. The average Bonchev–Trinajstić information content (AvgIpc) is 3.01. The lowest BCUT2D eigenvalue weighted by Gasteiger charge is -2.34. The fraction of sp³-hybridized carbons (Fsp3) is 0.556. The van der Waals surface area contributed by atoms with Gasteiger partial charge in [-0.3, -0.25) is 0 Å². The summed E-state index contributed by atoms with van der Waals surface area (Å²) in [7, 11) is 0. The van der Waals surface area contributed by atoms with Crippen LogP contribution in [0.25, 0.3) is 10.2 Å². The fourth-order valence-electron chi connectivity index (χ4n) is 3.05. The quantitative estimate of drug-likeness (QED) is 0.811. The molecule has 1 saturated heterocycles. The standard InChI is InChI=1S/C18H24ClN3O2S/c1-18(2,3)24-17(23)22-8-4-5-12(10-22)9-20-15-13(19)6-7-14-16(15)21-11-25-14/h6-7,11-12,20H,4-5,8-10H2,1-3H3. The number of anilines is 1. The Kier molecular flexibility index (Phi) is 5.39. The van der Waals surface area contributed by atoms with Gasteiger partial charge in [-0.15, -0.1) is 11.3 Å². The van der Waals surface area contributed by atoms with Crippen LogP contribution in [0.2, 0.25) is 5.02 Å². The predicted octanol–water partition coefficient (Wildman–Crippen LogP) is 5.01. The zero-order chi connectivity index (χ0) is 18.0. The van der Waals surface area contributed by atoms with Gasteiger partial charge in [0, 0.05) is 19.6 Å². The van der Waals surface area contributed by atoms with Crippen LogP contribution in [-0.4, -0.2) is 41.2 Å². The number of hydrogen-bond donors (Lipinski definition) is 1. The lowest BCUT2D eigenvalue weighted by Crippen LogP contribution is -2.44. The van der Waals surface area contributed by atoms with Crippen molar-refractivity contribution in [1.29, 1.82) is 0 Å². The molecule has 25 heavy (non-hydrogen) atoms. The molecule has 1 unspecified atom stereocenters. The molecule has 0 bridgehead atoms. The van der Waals surface area contributed by atoms with E-state index >= 15 is 0 Å². The van der Waals surface area contributed by atoms with E-state index < -0.39 is 5.60 Å². The minimum atomic E-state index is -0.462. The number of carbonyl (C=O) groups is 1. The molecule has 136 valence electrons. The summed E-state index contributed by atoms with van der Waals surface area (Å²) in [6.07, 6.45) is 1.84. The molecule has 1 fully saturated rings. The average molecular weight is 382 g/mol. The van der Waals surface area contributed by atoms with Crippen LogP contribution in [0.3, 0.4) is 0 Å². The second-order valence-corrected chi connectivity index (χ2v) is 8.73. The molecule has 1 aromatic heterocycles. The summed E-state index contributed by atoms with van der Waals surface area (Å²) >= 11 is 7.95. The third-order valence-electron chi connectivity index (χ3n) is 4.19. The van der Waals surface area contributed by atoms with E-state index in [1.807, 2.05) is 43.3 Å². The molecule has 1 atom stereocenters. The van der Waals surface area contributed by atoms with Crippen LogP contribution in [0.1, 0.15) is 33.6 Å². The van der Waals surface area contributed by atoms with Crippen molar-refractivity contribution in [3.8, 4) is 0 Å². The maximum atomic E-state index is 12.3. The monoisotopic (exact) mass is 381 g/mol. The molecule has 5 nitrogen and oxygen atoms in total. The minimum Gasteiger partial charge on any atom is -0.444 e. The highest BCUT2D eigenvalue weighted by Crippen LogP contribution is 2.32. The van der Waals surface area contributed by atoms with Gasteiger partial charge in [0.05, 0.1) is 20.9 Å². The Morgan fingerprint density at radius 1 is 1.48 bits per heavy atom. The van der Waals surface area contributed by atoms with E-state index in [0.717, 1.165) is 41.8 Å². The first-order chi connectivity index (χ1) is 11.8. The second-order valence-electron chi connectivity index (χ2n) is 7.44. The van der Waals surface area contributed by atoms with Gasteiger partial charge in [0.25, 0.3) is 0 Å². The molecule has 1 aliphatic heterocycles. The number of carbonyl (C=O) groups excluding carboxylic acids is 1. The van der Waals surface area contributed by atoms with Crippen molar-refractivity contribution in [2.45, 2.75) is 39.2 Å². The van der Waals surface area contributed by atoms with E-state index in [9.17, 15) is 4.79 Å². The van der Waals surface area contributed by atoms with Gasteiger partial charge in [0.2, 0.25) is 0 Å². The van der Waals surface area contributed by atoms with Crippen LogP contribution in [0.4, 0.5) is 10.5 Å². The number of benzene rings is 1. The molecule has 0 saturated carbocycles. The van der Waals surface area contributed by atoms with Crippen LogP contribution in [0, 0.1) is 5.92 Å². The van der Waals surface area contributed by atoms with Crippen LogP contribution in [0.5, 0.6) is 0 Å². The fourth-order valence-corrected chi connectivity index (χ4v) is 3.95. The molecule has 1 amide bonds. The Morgan fingerprint density at radius 2 is 2.28 bits per heavy atom. The molecule has 1 N–H and O–H groups in total. The number of aromatic nitrogens is 1. The normalized spacial score (nSPS) is 18.4. The van der Waals surface area contributed by atoms with Gasteiger partial charge < -0.3 is 15.0 Å². The minimum absolute atomic E-state index is 0.225. The highest BCUT2D eigenvalue weighted by molar-refractivity contribution is 7.16. The molecule has 0 radical (unpaired) electrons. The maximum Gasteiger partial charge on any atom is 0.410 e. The van der Waals surface area contributed by atoms with Gasteiger partial charge in [0.15, 0.2) is 0 Å². The van der Waals surface area contributed by atoms with Crippen molar-refractivity contribution < 1.29 is 9.53 Å². The van der Waals surface area contributed by atoms with Crippen molar-refractivity contribution in [2.24, 2.45) is 5.92 Å². The smallest absolute Gasteiger partial charge is 0.410 e. The summed E-state index contributed by atoms with van der Waals surface area (Å²) in [5.41, 5.74) is 3.17. The van der Waals surface area contributed by atoms with Crippen LogP contribution < -0.4 is 5.32 Å². The van der Waals surface area contributed by atoms with E-state index in [-0.39, 0.29) is 6.09 Å². The molecule has 3 rings (SSSR count). The molecule has 2 aromatic rings. The Balaban J connectivity index is 1.62.